The summed E-state index contributed by atoms with van der Waals surface area (Å²) in [6.45, 7) is 2.07. The number of carbonyl (C=O) groups excluding carboxylic acids is 1. The van der Waals surface area contributed by atoms with E-state index in [-0.39, 0.29) is 17.5 Å². The van der Waals surface area contributed by atoms with Crippen molar-refractivity contribution >= 4 is 39.2 Å². The van der Waals surface area contributed by atoms with Gasteiger partial charge in [0, 0.05) is 18.0 Å². The van der Waals surface area contributed by atoms with Crippen molar-refractivity contribution in [2.45, 2.75) is 56.6 Å². The lowest BCUT2D eigenvalue weighted by atomic mass is 9.97. The molecule has 0 spiro atoms. The van der Waals surface area contributed by atoms with Gasteiger partial charge in [0.15, 0.2) is 5.16 Å². The maximum Gasteiger partial charge on any atom is 0.262 e. The van der Waals surface area contributed by atoms with Crippen molar-refractivity contribution in [3.05, 3.63) is 20.8 Å². The van der Waals surface area contributed by atoms with Crippen LogP contribution >= 0.6 is 23.1 Å². The Morgan fingerprint density at radius 3 is 2.92 bits per heavy atom. The number of amides is 1. The van der Waals surface area contributed by atoms with Crippen LogP contribution in [0.3, 0.4) is 0 Å². The molecule has 1 fully saturated rings. The predicted octanol–water partition coefficient (Wildman–Crippen LogP) is 2.88. The maximum atomic E-state index is 12.8. The fourth-order valence-electron chi connectivity index (χ4n) is 3.54. The van der Waals surface area contributed by atoms with Gasteiger partial charge in [-0.25, -0.2) is 4.98 Å². The summed E-state index contributed by atoms with van der Waals surface area (Å²) in [7, 11) is 1.76. The highest BCUT2D eigenvalue weighted by atomic mass is 32.2. The van der Waals surface area contributed by atoms with Crippen LogP contribution in [0.25, 0.3) is 10.2 Å². The van der Waals surface area contributed by atoms with E-state index < -0.39 is 0 Å². The van der Waals surface area contributed by atoms with Crippen molar-refractivity contribution in [2.75, 3.05) is 5.75 Å². The summed E-state index contributed by atoms with van der Waals surface area (Å²) in [6.07, 6.45) is 6.82. The molecular formula is C18H23N3O2S2. The van der Waals surface area contributed by atoms with Crippen molar-refractivity contribution in [1.29, 1.82) is 0 Å². The third kappa shape index (κ3) is 3.36. The molecule has 0 radical (unpaired) electrons. The molecule has 2 aromatic heterocycles. The van der Waals surface area contributed by atoms with Gasteiger partial charge in [0.1, 0.15) is 4.83 Å². The lowest BCUT2D eigenvalue weighted by molar-refractivity contribution is -0.119. The highest BCUT2D eigenvalue weighted by molar-refractivity contribution is 7.99. The van der Waals surface area contributed by atoms with Crippen LogP contribution in [-0.2, 0) is 24.7 Å². The number of hydrogen-bond acceptors (Lipinski definition) is 5. The number of thiophene rings is 1. The fraction of sp³-hybridized carbons (Fsp3) is 0.611. The van der Waals surface area contributed by atoms with E-state index in [2.05, 4.69) is 12.2 Å². The molecule has 5 nitrogen and oxygen atoms in total. The number of fused-ring (bicyclic) bond motifs is 3. The molecule has 2 aromatic rings. The summed E-state index contributed by atoms with van der Waals surface area (Å²) in [5.74, 6) is 0.961. The van der Waals surface area contributed by atoms with E-state index in [1.54, 1.807) is 23.0 Å². The third-order valence-corrected chi connectivity index (χ3v) is 7.42. The van der Waals surface area contributed by atoms with E-state index in [0.29, 0.717) is 16.8 Å². The number of aryl methyl sites for hydroxylation is 2. The summed E-state index contributed by atoms with van der Waals surface area (Å²) < 4.78 is 1.60. The summed E-state index contributed by atoms with van der Waals surface area (Å²) >= 11 is 3.01. The largest absolute Gasteiger partial charge is 0.353 e. The highest BCUT2D eigenvalue weighted by Gasteiger charge is 2.29. The van der Waals surface area contributed by atoms with Crippen molar-refractivity contribution < 1.29 is 4.79 Å². The molecule has 1 saturated carbocycles. The summed E-state index contributed by atoms with van der Waals surface area (Å²) in [6, 6.07) is 0.247. The Balaban J connectivity index is 1.54. The monoisotopic (exact) mass is 377 g/mol. The quantitative estimate of drug-likeness (QED) is 0.643. The highest BCUT2D eigenvalue weighted by Crippen LogP contribution is 2.35. The Bertz CT molecular complexity index is 883. The molecule has 0 unspecified atom stereocenters. The first-order valence-electron chi connectivity index (χ1n) is 8.98. The molecule has 25 heavy (non-hydrogen) atoms. The smallest absolute Gasteiger partial charge is 0.262 e. The second kappa shape index (κ2) is 6.76. The van der Waals surface area contributed by atoms with Crippen molar-refractivity contribution in [3.63, 3.8) is 0 Å². The van der Waals surface area contributed by atoms with Crippen molar-refractivity contribution in [1.82, 2.24) is 14.9 Å². The third-order valence-electron chi connectivity index (χ3n) is 5.21. The second-order valence-corrected chi connectivity index (χ2v) is 9.16. The number of aromatic nitrogens is 2. The molecule has 2 heterocycles. The van der Waals surface area contributed by atoms with Crippen LogP contribution in [0.1, 0.15) is 43.0 Å². The summed E-state index contributed by atoms with van der Waals surface area (Å²) in [5, 5.41) is 4.48. The minimum atomic E-state index is 0.0178. The second-order valence-electron chi connectivity index (χ2n) is 7.13. The molecule has 0 aliphatic heterocycles. The minimum Gasteiger partial charge on any atom is -0.353 e. The predicted molar refractivity (Wildman–Crippen MR) is 103 cm³/mol. The molecule has 4 rings (SSSR count). The Kier molecular flexibility index (Phi) is 4.62. The lowest BCUT2D eigenvalue weighted by Crippen LogP contribution is -2.35. The Labute approximate surface area is 155 Å². The Morgan fingerprint density at radius 1 is 1.40 bits per heavy atom. The Morgan fingerprint density at radius 2 is 2.16 bits per heavy atom. The van der Waals surface area contributed by atoms with Gasteiger partial charge in [-0.2, -0.15) is 0 Å². The average molecular weight is 378 g/mol. The zero-order valence-corrected chi connectivity index (χ0v) is 16.3. The molecular weight excluding hydrogens is 354 g/mol. The molecule has 7 heteroatoms. The van der Waals surface area contributed by atoms with Crippen LogP contribution in [0.4, 0.5) is 0 Å². The van der Waals surface area contributed by atoms with Gasteiger partial charge in [-0.1, -0.05) is 11.8 Å². The molecule has 0 saturated heterocycles. The number of rotatable bonds is 5. The van der Waals surface area contributed by atoms with E-state index >= 15 is 0 Å². The number of carbonyl (C=O) groups is 1. The fourth-order valence-corrected chi connectivity index (χ4v) is 5.62. The first kappa shape index (κ1) is 17.1. The van der Waals surface area contributed by atoms with Gasteiger partial charge in [-0.3, -0.25) is 14.2 Å². The van der Waals surface area contributed by atoms with Gasteiger partial charge in [-0.05, 0) is 56.9 Å². The van der Waals surface area contributed by atoms with Crippen LogP contribution < -0.4 is 10.9 Å². The molecule has 0 aromatic carbocycles. The van der Waals surface area contributed by atoms with Crippen molar-refractivity contribution in [3.8, 4) is 0 Å². The van der Waals surface area contributed by atoms with Crippen LogP contribution in [0.2, 0.25) is 0 Å². The van der Waals surface area contributed by atoms with E-state index in [1.165, 1.54) is 41.5 Å². The molecule has 134 valence electrons. The van der Waals surface area contributed by atoms with E-state index in [9.17, 15) is 9.59 Å². The number of thioether (sulfide) groups is 1. The van der Waals surface area contributed by atoms with Crippen LogP contribution in [0, 0.1) is 5.92 Å². The molecule has 2 aliphatic rings. The number of nitrogens with zero attached hydrogens (tertiary/aromatic N) is 2. The molecule has 1 atom stereocenters. The van der Waals surface area contributed by atoms with Gasteiger partial charge < -0.3 is 5.32 Å². The van der Waals surface area contributed by atoms with E-state index in [4.69, 9.17) is 4.98 Å². The van der Waals surface area contributed by atoms with Crippen LogP contribution in [0.15, 0.2) is 9.95 Å². The summed E-state index contributed by atoms with van der Waals surface area (Å²) in [4.78, 5) is 31.8. The van der Waals surface area contributed by atoms with E-state index in [0.717, 1.165) is 29.5 Å². The van der Waals surface area contributed by atoms with Gasteiger partial charge >= 0.3 is 0 Å². The normalized spacial score (nSPS) is 18.2. The van der Waals surface area contributed by atoms with Crippen molar-refractivity contribution in [2.24, 2.45) is 13.0 Å². The lowest BCUT2D eigenvalue weighted by Gasteiger charge is -2.13. The minimum absolute atomic E-state index is 0.0178. The SMILES string of the molecule is C[C@@H](NC(=O)CSc1nc2sc3c(c2c(=O)n1C)CCCC3)C1CC1. The van der Waals surface area contributed by atoms with Crippen LogP contribution in [0.5, 0.6) is 0 Å². The average Bonchev–Trinajstić information content (AvgIpc) is 3.38. The topological polar surface area (TPSA) is 64.0 Å². The molecule has 1 amide bonds. The zero-order chi connectivity index (χ0) is 17.6. The van der Waals surface area contributed by atoms with Gasteiger partial charge in [-0.15, -0.1) is 11.3 Å². The van der Waals surface area contributed by atoms with E-state index in [1.807, 2.05) is 0 Å². The summed E-state index contributed by atoms with van der Waals surface area (Å²) in [5.41, 5.74) is 1.24. The Hall–Kier alpha value is -1.34. The van der Waals surface area contributed by atoms with Crippen LogP contribution in [-0.4, -0.2) is 27.3 Å². The first-order valence-corrected chi connectivity index (χ1v) is 10.8. The molecule has 2 aliphatic carbocycles. The molecule has 0 bridgehead atoms. The standard InChI is InChI=1S/C18H23N3O2S2/c1-10(11-7-8-11)19-14(22)9-24-18-20-16-15(17(23)21(18)2)12-5-3-4-6-13(12)25-16/h10-11H,3-9H2,1-2H3,(H,19,22)/t10-/m1/s1. The maximum absolute atomic E-state index is 12.8. The van der Waals surface area contributed by atoms with Gasteiger partial charge in [0.05, 0.1) is 11.1 Å². The molecule has 1 N–H and O–H groups in total. The number of nitrogens with one attached hydrogen (secondary N) is 1. The van der Waals surface area contributed by atoms with Gasteiger partial charge in [0.2, 0.25) is 5.91 Å². The first-order chi connectivity index (χ1) is 12.0. The zero-order valence-electron chi connectivity index (χ0n) is 14.6. The number of hydrogen-bond donors (Lipinski definition) is 1. The van der Waals surface area contributed by atoms with Gasteiger partial charge in [0.25, 0.3) is 5.56 Å².